The van der Waals surface area contributed by atoms with E-state index in [4.69, 9.17) is 0 Å². The highest BCUT2D eigenvalue weighted by molar-refractivity contribution is 5.94. The number of hydrogen-bond donors (Lipinski definition) is 2. The molecule has 2 amide bonds. The highest BCUT2D eigenvalue weighted by atomic mass is 19.1. The van der Waals surface area contributed by atoms with Crippen molar-refractivity contribution >= 4 is 11.8 Å². The third-order valence-electron chi connectivity index (χ3n) is 8.40. The molecule has 2 aliphatic carbocycles. The number of carbonyl (C=O) groups is 2. The van der Waals surface area contributed by atoms with Crippen LogP contribution in [0.3, 0.4) is 0 Å². The van der Waals surface area contributed by atoms with E-state index >= 15 is 0 Å². The second kappa shape index (κ2) is 9.90. The van der Waals surface area contributed by atoms with Crippen molar-refractivity contribution < 1.29 is 19.1 Å². The largest absolute Gasteiger partial charge is 0.392 e. The summed E-state index contributed by atoms with van der Waals surface area (Å²) in [6.07, 6.45) is 2.98. The predicted octanol–water partition coefficient (Wildman–Crippen LogP) is 4.25. The lowest BCUT2D eigenvalue weighted by Crippen LogP contribution is -2.58. The standard InChI is InChI=1S/C26H39FN2O3/c1-6-29(7-2)25(32)16(3)20-11-13-26(5)14-12-21(17(4)22(26)23(20)30)28-24(31)18-9-8-10-19(27)15-18/h8-10,15-17,20-23,30H,6-7,11-14H2,1-5H3,(H,28,31)/t16-,17+,20-,21-,22+,23-,26+/m0/s1. The topological polar surface area (TPSA) is 69.6 Å². The second-order valence-corrected chi connectivity index (χ2v) is 10.2. The van der Waals surface area contributed by atoms with Gasteiger partial charge in [-0.25, -0.2) is 4.39 Å². The number of benzene rings is 1. The van der Waals surface area contributed by atoms with E-state index in [1.807, 2.05) is 25.7 Å². The number of hydrogen-bond acceptors (Lipinski definition) is 3. The van der Waals surface area contributed by atoms with Crippen molar-refractivity contribution in [2.24, 2.45) is 29.1 Å². The molecular weight excluding hydrogens is 407 g/mol. The lowest BCUT2D eigenvalue weighted by Gasteiger charge is -2.56. The molecule has 3 rings (SSSR count). The molecule has 2 N–H and O–H groups in total. The molecule has 0 aromatic heterocycles. The van der Waals surface area contributed by atoms with Gasteiger partial charge in [-0.1, -0.05) is 26.8 Å². The maximum Gasteiger partial charge on any atom is 0.251 e. The fourth-order valence-corrected chi connectivity index (χ4v) is 6.39. The number of carbonyl (C=O) groups excluding carboxylic acids is 2. The summed E-state index contributed by atoms with van der Waals surface area (Å²) in [5.74, 6) is -0.858. The van der Waals surface area contributed by atoms with Crippen LogP contribution in [0.5, 0.6) is 0 Å². The van der Waals surface area contributed by atoms with Gasteiger partial charge in [-0.15, -0.1) is 0 Å². The van der Waals surface area contributed by atoms with Crippen LogP contribution in [0.4, 0.5) is 4.39 Å². The van der Waals surface area contributed by atoms with E-state index in [1.54, 1.807) is 6.07 Å². The molecule has 2 aliphatic rings. The first-order chi connectivity index (χ1) is 15.1. The zero-order chi connectivity index (χ0) is 23.6. The molecule has 1 aromatic rings. The molecule has 2 fully saturated rings. The smallest absolute Gasteiger partial charge is 0.251 e. The van der Waals surface area contributed by atoms with Crippen LogP contribution in [0.15, 0.2) is 24.3 Å². The molecule has 32 heavy (non-hydrogen) atoms. The van der Waals surface area contributed by atoms with Crippen LogP contribution in [-0.2, 0) is 4.79 Å². The lowest BCUT2D eigenvalue weighted by atomic mass is 9.51. The summed E-state index contributed by atoms with van der Waals surface area (Å²) in [5.41, 5.74) is 0.305. The SMILES string of the molecule is CCN(CC)C(=O)[C@@H](C)[C@@H]1CC[C@]2(C)CC[C@H](NC(=O)c3cccc(F)c3)[C@@H](C)[C@@H]2[C@H]1O. The van der Waals surface area contributed by atoms with E-state index in [2.05, 4.69) is 19.2 Å². The molecule has 0 aliphatic heterocycles. The molecule has 0 radical (unpaired) electrons. The molecule has 6 heteroatoms. The highest BCUT2D eigenvalue weighted by Gasteiger charge is 2.54. The Morgan fingerprint density at radius 2 is 1.91 bits per heavy atom. The summed E-state index contributed by atoms with van der Waals surface area (Å²) in [4.78, 5) is 27.6. The molecular formula is C26H39FN2O3. The molecule has 1 aromatic carbocycles. The number of halogens is 1. The Morgan fingerprint density at radius 3 is 2.53 bits per heavy atom. The van der Waals surface area contributed by atoms with Crippen molar-refractivity contribution in [1.82, 2.24) is 10.2 Å². The molecule has 2 saturated carbocycles. The van der Waals surface area contributed by atoms with Gasteiger partial charge in [0.05, 0.1) is 6.10 Å². The molecule has 0 bridgehead atoms. The quantitative estimate of drug-likeness (QED) is 0.686. The van der Waals surface area contributed by atoms with Gasteiger partial charge in [0.2, 0.25) is 5.91 Å². The lowest BCUT2D eigenvalue weighted by molar-refractivity contribution is -0.149. The van der Waals surface area contributed by atoms with Gasteiger partial charge in [-0.05, 0) is 80.9 Å². The van der Waals surface area contributed by atoms with Crippen molar-refractivity contribution in [2.75, 3.05) is 13.1 Å². The van der Waals surface area contributed by atoms with Crippen LogP contribution in [0.25, 0.3) is 0 Å². The van der Waals surface area contributed by atoms with Crippen molar-refractivity contribution in [3.63, 3.8) is 0 Å². The number of amides is 2. The summed E-state index contributed by atoms with van der Waals surface area (Å²) >= 11 is 0. The average Bonchev–Trinajstić information content (AvgIpc) is 2.76. The first-order valence-corrected chi connectivity index (χ1v) is 12.2. The minimum Gasteiger partial charge on any atom is -0.392 e. The Morgan fingerprint density at radius 1 is 1.25 bits per heavy atom. The highest BCUT2D eigenvalue weighted by Crippen LogP contribution is 2.55. The van der Waals surface area contributed by atoms with Crippen LogP contribution >= 0.6 is 0 Å². The summed E-state index contributed by atoms with van der Waals surface area (Å²) in [5, 5.41) is 14.6. The molecule has 5 nitrogen and oxygen atoms in total. The maximum atomic E-state index is 13.6. The first kappa shape index (κ1) is 24.7. The minimum absolute atomic E-state index is 0.000220. The van der Waals surface area contributed by atoms with Gasteiger partial charge in [0.1, 0.15) is 5.82 Å². The number of rotatable bonds is 6. The summed E-state index contributed by atoms with van der Waals surface area (Å²) in [6, 6.07) is 5.63. The zero-order valence-electron chi connectivity index (χ0n) is 20.1. The Bertz CT molecular complexity index is 827. The van der Waals surface area contributed by atoms with E-state index < -0.39 is 11.9 Å². The fourth-order valence-electron chi connectivity index (χ4n) is 6.39. The van der Waals surface area contributed by atoms with Crippen molar-refractivity contribution in [2.45, 2.75) is 72.4 Å². The van der Waals surface area contributed by atoms with Gasteiger partial charge < -0.3 is 15.3 Å². The van der Waals surface area contributed by atoms with Gasteiger partial charge in [-0.3, -0.25) is 9.59 Å². The van der Waals surface area contributed by atoms with Crippen LogP contribution in [0.1, 0.15) is 70.7 Å². The van der Waals surface area contributed by atoms with Crippen LogP contribution in [-0.4, -0.2) is 47.1 Å². The van der Waals surface area contributed by atoms with Gasteiger partial charge in [-0.2, -0.15) is 0 Å². The van der Waals surface area contributed by atoms with Crippen molar-refractivity contribution in [3.8, 4) is 0 Å². The fraction of sp³-hybridized carbons (Fsp3) is 0.692. The Hall–Kier alpha value is -1.95. The molecule has 0 spiro atoms. The Kier molecular flexibility index (Phi) is 7.64. The third kappa shape index (κ3) is 4.70. The average molecular weight is 447 g/mol. The number of nitrogens with zero attached hydrogens (tertiary/aromatic N) is 1. The summed E-state index contributed by atoms with van der Waals surface area (Å²) < 4.78 is 13.6. The molecule has 0 saturated heterocycles. The van der Waals surface area contributed by atoms with E-state index in [0.29, 0.717) is 18.7 Å². The van der Waals surface area contributed by atoms with Crippen molar-refractivity contribution in [3.05, 3.63) is 35.6 Å². The van der Waals surface area contributed by atoms with Gasteiger partial charge in [0.15, 0.2) is 0 Å². The number of aliphatic hydroxyl groups excluding tert-OH is 1. The summed E-state index contributed by atoms with van der Waals surface area (Å²) in [6.45, 7) is 11.6. The number of aliphatic hydroxyl groups is 1. The maximum absolute atomic E-state index is 13.6. The molecule has 0 heterocycles. The van der Waals surface area contributed by atoms with E-state index in [1.165, 1.54) is 18.2 Å². The van der Waals surface area contributed by atoms with E-state index in [-0.39, 0.29) is 46.9 Å². The molecule has 0 unspecified atom stereocenters. The number of fused-ring (bicyclic) bond motifs is 1. The van der Waals surface area contributed by atoms with Crippen molar-refractivity contribution in [1.29, 1.82) is 0 Å². The van der Waals surface area contributed by atoms with Crippen LogP contribution in [0.2, 0.25) is 0 Å². The number of nitrogens with one attached hydrogen (secondary N) is 1. The predicted molar refractivity (Wildman–Crippen MR) is 123 cm³/mol. The van der Waals surface area contributed by atoms with E-state index in [9.17, 15) is 19.1 Å². The van der Waals surface area contributed by atoms with Crippen LogP contribution in [0, 0.1) is 34.9 Å². The zero-order valence-corrected chi connectivity index (χ0v) is 20.1. The van der Waals surface area contributed by atoms with E-state index in [0.717, 1.165) is 25.7 Å². The molecule has 178 valence electrons. The molecule has 7 atom stereocenters. The minimum atomic E-state index is -0.591. The summed E-state index contributed by atoms with van der Waals surface area (Å²) in [7, 11) is 0. The normalized spacial score (nSPS) is 33.2. The van der Waals surface area contributed by atoms with Crippen LogP contribution < -0.4 is 5.32 Å². The monoisotopic (exact) mass is 446 g/mol. The van der Waals surface area contributed by atoms with Gasteiger partial charge in [0, 0.05) is 30.6 Å². The Balaban J connectivity index is 1.76. The van der Waals surface area contributed by atoms with Gasteiger partial charge in [0.25, 0.3) is 5.91 Å². The third-order valence-corrected chi connectivity index (χ3v) is 8.40. The Labute approximate surface area is 191 Å². The van der Waals surface area contributed by atoms with Gasteiger partial charge >= 0.3 is 0 Å². The second-order valence-electron chi connectivity index (χ2n) is 10.2. The first-order valence-electron chi connectivity index (χ1n) is 12.2.